The lowest BCUT2D eigenvalue weighted by atomic mass is 9.78. The Morgan fingerprint density at radius 2 is 1.39 bits per heavy atom. The second kappa shape index (κ2) is 35.3. The first-order valence-electron chi connectivity index (χ1n) is 42.3. The van der Waals surface area contributed by atoms with E-state index in [9.17, 15) is 40.3 Å². The Hall–Kier alpha value is -9.35. The molecule has 8 aromatic rings. The summed E-state index contributed by atoms with van der Waals surface area (Å²) in [5, 5.41) is 16.8. The predicted molar refractivity (Wildman–Crippen MR) is 475 cm³/mol. The number of nitrogens with one attached hydrogen (secondary N) is 6. The van der Waals surface area contributed by atoms with Gasteiger partial charge >= 0.3 is 0 Å². The molecule has 8 bridgehead atoms. The Bertz CT molecular complexity index is 5840. The highest BCUT2D eigenvalue weighted by atomic mass is 32.2. The number of carbonyl (C=O) groups excluding carboxylic acids is 3. The van der Waals surface area contributed by atoms with Crippen molar-refractivity contribution in [2.75, 3.05) is 49.2 Å². The first kappa shape index (κ1) is 84.1. The lowest BCUT2D eigenvalue weighted by Crippen LogP contribution is -2.28. The maximum atomic E-state index is 14.2. The van der Waals surface area contributed by atoms with Gasteiger partial charge in [0.15, 0.2) is 11.5 Å². The predicted octanol–water partition coefficient (Wildman–Crippen LogP) is 18.5. The Morgan fingerprint density at radius 1 is 0.709 bits per heavy atom. The number of carbonyl (C=O) groups is 3. The summed E-state index contributed by atoms with van der Waals surface area (Å²) in [4.78, 5) is 57.9. The van der Waals surface area contributed by atoms with E-state index in [1.165, 1.54) is 35.1 Å². The van der Waals surface area contributed by atoms with Gasteiger partial charge in [-0.3, -0.25) is 23.5 Å². The second-order valence-electron chi connectivity index (χ2n) is 33.8. The standard InChI is InChI=1S/C96H114N8O10S3/c1-12-14-15-24-52-114-63(7)87-61(5)77-56-76-60(4)71(91(101-76)74-55-83(105)88-62(6)78(102-92(74)88)57-79-70(13-2)59(3)75(99-79)58-80(87)100-77)42-47-86(106)97-48-20-21-49-98-94(107)68-34-40-69(41-35-68)115-93-66(38-45-84-95(8,9)89-72-32-18-16-28-64(72)36-43-81(89)103(84)50-22-25-53-116(108,109)110)30-27-31-67(93)39-46-85-96(10,11)90-73-33-19-17-29-65(73)37-44-82(90)104(85)51-23-26-54-117(111,112)113/h16-19,28-29,32-41,43-46,56-58,60,63,71,99-100H,12-15,20-27,30-31,42,47-55H2,1-11H3,(H5-,97,98,101,102,105,106,107,108,109,110,111,112,113)/p+1/t60-,63?,71-/m0/s1. The number of hydrogen-bond donors (Lipinski definition) is 8. The van der Waals surface area contributed by atoms with Gasteiger partial charge in [0, 0.05) is 163 Å². The summed E-state index contributed by atoms with van der Waals surface area (Å²) in [6.07, 6.45) is 27.5. The number of fused-ring (bicyclic) bond motifs is 13. The Kier molecular flexibility index (Phi) is 25.4. The van der Waals surface area contributed by atoms with Crippen LogP contribution in [0.2, 0.25) is 0 Å². The number of aromatic amines is 3. The maximum Gasteiger partial charge on any atom is 0.264 e. The van der Waals surface area contributed by atoms with Crippen LogP contribution in [0.4, 0.5) is 11.4 Å². The van der Waals surface area contributed by atoms with Crippen molar-refractivity contribution in [2.24, 2.45) is 11.8 Å². The van der Waals surface area contributed by atoms with Gasteiger partial charge in [-0.25, -0.2) is 0 Å². The number of H-pyrrole nitrogens is 3. The fraction of sp³-hybridized carbons (Fsp3) is 0.417. The molecule has 14 rings (SSSR count). The van der Waals surface area contributed by atoms with Gasteiger partial charge in [-0.15, -0.1) is 0 Å². The normalized spacial score (nSPS) is 18.5. The summed E-state index contributed by atoms with van der Waals surface area (Å²) in [7, 11) is -8.27. The number of ether oxygens (including phenoxy) is 1. The number of rotatable bonds is 32. The SMILES string of the molecule is CCCCCCOC(C)c1c2[nH]c(c1C)C=C1NC(=C3CC(=O)c4c3[nH]c(c4C)C=c3[nH]c(c(C)c3CC)=C2)[C@@H](CCC(=O)NCCCCNC(=O)c2ccc(SC3=C(/C=C/C4=[N+](CCCCS(=O)(=O)O)c5ccc6ccccc6c5C4(C)C)CCC/C3=C\C=C3\N(CCCCS(=O)(=O)O)c4ccc5ccccc5c4C3(C)C)cc2)[C@@H]1C. The third kappa shape index (κ3) is 17.9. The van der Waals surface area contributed by atoms with E-state index in [0.717, 1.165) is 176 Å². The average molecular weight is 1640 g/mol. The van der Waals surface area contributed by atoms with E-state index in [1.807, 2.05) is 31.2 Å². The third-order valence-corrected chi connectivity index (χ3v) is 28.1. The van der Waals surface area contributed by atoms with Crippen LogP contribution in [0.3, 0.4) is 0 Å². The summed E-state index contributed by atoms with van der Waals surface area (Å²) in [6.45, 7) is 26.9. The molecule has 0 saturated carbocycles. The minimum Gasteiger partial charge on any atom is -0.374 e. The van der Waals surface area contributed by atoms with Gasteiger partial charge in [0.25, 0.3) is 26.1 Å². The molecule has 8 N–H and O–H groups in total. The fourth-order valence-corrected chi connectivity index (χ4v) is 21.3. The lowest BCUT2D eigenvalue weighted by Gasteiger charge is -2.28. The van der Waals surface area contributed by atoms with Crippen molar-refractivity contribution in [3.63, 3.8) is 0 Å². The van der Waals surface area contributed by atoms with Crippen LogP contribution in [0.15, 0.2) is 159 Å². The molecule has 18 nitrogen and oxygen atoms in total. The molecule has 2 amide bonds. The van der Waals surface area contributed by atoms with Gasteiger partial charge in [0.1, 0.15) is 6.54 Å². The summed E-state index contributed by atoms with van der Waals surface area (Å²) in [6, 6.07) is 33.3. The Labute approximate surface area is 694 Å². The van der Waals surface area contributed by atoms with Crippen LogP contribution in [0.1, 0.15) is 247 Å². The first-order valence-corrected chi connectivity index (χ1v) is 46.3. The molecule has 1 saturated heterocycles. The molecule has 2 aliphatic carbocycles. The molecule has 616 valence electrons. The number of unbranched alkanes of at least 4 members (excludes halogenated alkanes) is 6. The molecule has 0 spiro atoms. The van der Waals surface area contributed by atoms with Crippen molar-refractivity contribution in [1.82, 2.24) is 30.9 Å². The number of amides is 2. The van der Waals surface area contributed by atoms with Crippen molar-refractivity contribution in [2.45, 2.75) is 207 Å². The maximum absolute atomic E-state index is 14.2. The van der Waals surface area contributed by atoms with E-state index < -0.39 is 31.1 Å². The first-order chi connectivity index (χ1) is 56.0. The molecular formula is C96H115N8O10S3+. The van der Waals surface area contributed by atoms with Gasteiger partial charge in [0.05, 0.1) is 28.7 Å². The molecule has 5 aromatic carbocycles. The zero-order valence-electron chi connectivity index (χ0n) is 69.8. The van der Waals surface area contributed by atoms with E-state index in [2.05, 4.69) is 225 Å². The largest absolute Gasteiger partial charge is 0.374 e. The van der Waals surface area contributed by atoms with Crippen LogP contribution in [-0.4, -0.2) is 113 Å². The van der Waals surface area contributed by atoms with Gasteiger partial charge in [0.2, 0.25) is 11.6 Å². The molecule has 1 unspecified atom stereocenters. The average Bonchev–Trinajstić information content (AvgIpc) is 1.58. The number of aromatic nitrogens is 3. The number of anilines is 1. The molecule has 117 heavy (non-hydrogen) atoms. The molecule has 6 aliphatic rings. The Morgan fingerprint density at radius 3 is 2.11 bits per heavy atom. The lowest BCUT2D eigenvalue weighted by molar-refractivity contribution is -0.438. The molecule has 7 heterocycles. The molecule has 4 aliphatic heterocycles. The summed E-state index contributed by atoms with van der Waals surface area (Å²) in [5.41, 5.74) is 21.7. The van der Waals surface area contributed by atoms with E-state index >= 15 is 0 Å². The molecule has 0 radical (unpaired) electrons. The number of thioether (sulfide) groups is 1. The number of ketones is 1. The van der Waals surface area contributed by atoms with Crippen LogP contribution in [0.25, 0.3) is 45.3 Å². The van der Waals surface area contributed by atoms with E-state index in [0.29, 0.717) is 83.3 Å². The molecule has 3 aromatic heterocycles. The number of hydrogen-bond acceptors (Lipinski definition) is 11. The number of nitrogens with zero attached hydrogens (tertiary/aromatic N) is 2. The Balaban J connectivity index is 0.679. The van der Waals surface area contributed by atoms with Crippen molar-refractivity contribution >= 4 is 112 Å². The highest BCUT2D eigenvalue weighted by molar-refractivity contribution is 8.03. The highest BCUT2D eigenvalue weighted by Crippen LogP contribution is 2.53. The zero-order chi connectivity index (χ0) is 82.8. The van der Waals surface area contributed by atoms with E-state index in [1.54, 1.807) is 11.8 Å². The zero-order valence-corrected chi connectivity index (χ0v) is 72.2. The fourth-order valence-electron chi connectivity index (χ4n) is 19.1. The molecule has 3 atom stereocenters. The number of Topliss-reactive ketones (excluding diaryl/α,β-unsaturated/α-hetero) is 1. The van der Waals surface area contributed by atoms with Gasteiger partial charge in [-0.05, 0) is 233 Å². The van der Waals surface area contributed by atoms with Crippen LogP contribution in [0, 0.1) is 32.6 Å². The summed E-state index contributed by atoms with van der Waals surface area (Å²) in [5.74, 6) is -0.861. The van der Waals surface area contributed by atoms with Crippen LogP contribution in [-0.2, 0) is 47.0 Å². The highest BCUT2D eigenvalue weighted by Gasteiger charge is 2.47. The quantitative estimate of drug-likeness (QED) is 0.0111. The topological polar surface area (TPSA) is 259 Å². The van der Waals surface area contributed by atoms with Crippen molar-refractivity contribution in [1.29, 1.82) is 0 Å². The smallest absolute Gasteiger partial charge is 0.264 e. The molecule has 21 heteroatoms. The van der Waals surface area contributed by atoms with Gasteiger partial charge < -0.3 is 40.5 Å². The minimum absolute atomic E-state index is 0.00804. The van der Waals surface area contributed by atoms with Crippen LogP contribution in [0.5, 0.6) is 0 Å². The van der Waals surface area contributed by atoms with Gasteiger partial charge in [-0.2, -0.15) is 21.4 Å². The number of allylic oxidation sites excluding steroid dienone is 10. The van der Waals surface area contributed by atoms with Crippen LogP contribution < -0.4 is 31.5 Å². The van der Waals surface area contributed by atoms with Crippen molar-refractivity contribution in [3.8, 4) is 0 Å². The second-order valence-corrected chi connectivity index (χ2v) is 38.1. The van der Waals surface area contributed by atoms with E-state index in [4.69, 9.17) is 4.74 Å². The molecule has 1 fully saturated rings. The van der Waals surface area contributed by atoms with Gasteiger partial charge in [-0.1, -0.05) is 132 Å². The summed E-state index contributed by atoms with van der Waals surface area (Å²) >= 11 is 1.67. The van der Waals surface area contributed by atoms with Crippen molar-refractivity contribution < 1.29 is 49.6 Å². The monoisotopic (exact) mass is 1640 g/mol. The number of benzene rings is 5. The summed E-state index contributed by atoms with van der Waals surface area (Å²) < 4.78 is 76.1. The van der Waals surface area contributed by atoms with E-state index in [-0.39, 0.29) is 59.9 Å². The van der Waals surface area contributed by atoms with Crippen molar-refractivity contribution in [3.05, 3.63) is 238 Å². The molecular weight excluding hydrogens is 1520 g/mol. The minimum atomic E-state index is -4.14. The van der Waals surface area contributed by atoms with Crippen LogP contribution >= 0.6 is 11.8 Å². The third-order valence-electron chi connectivity index (χ3n) is 25.3.